The van der Waals surface area contributed by atoms with Gasteiger partial charge in [-0.3, -0.25) is 4.79 Å². The predicted molar refractivity (Wildman–Crippen MR) is 65.0 cm³/mol. The number of methoxy groups -OCH3 is 1. The van der Waals surface area contributed by atoms with Gasteiger partial charge in [-0.25, -0.2) is 0 Å². The molecule has 88 valence electrons. The Morgan fingerprint density at radius 3 is 2.88 bits per heavy atom. The number of nitrogens with one attached hydrogen (secondary N) is 2. The van der Waals surface area contributed by atoms with Gasteiger partial charge in [-0.05, 0) is 26.0 Å². The highest BCUT2D eigenvalue weighted by atomic mass is 32.1. The Morgan fingerprint density at radius 1 is 1.62 bits per heavy atom. The zero-order valence-electron chi connectivity index (χ0n) is 9.66. The van der Waals surface area contributed by atoms with Gasteiger partial charge >= 0.3 is 0 Å². The van der Waals surface area contributed by atoms with Crippen LogP contribution >= 0.6 is 12.2 Å². The molecule has 1 rings (SSSR count). The summed E-state index contributed by atoms with van der Waals surface area (Å²) in [5, 5.41) is 2.78. The van der Waals surface area contributed by atoms with Crippen molar-refractivity contribution in [2.45, 2.75) is 19.4 Å². The van der Waals surface area contributed by atoms with E-state index in [4.69, 9.17) is 17.0 Å². The van der Waals surface area contributed by atoms with Crippen molar-refractivity contribution in [3.63, 3.8) is 0 Å². The molecule has 0 atom stereocenters. The first-order chi connectivity index (χ1) is 7.46. The Kier molecular flexibility index (Phi) is 4.20. The van der Waals surface area contributed by atoms with Crippen LogP contribution in [-0.4, -0.2) is 30.1 Å². The van der Waals surface area contributed by atoms with Crippen molar-refractivity contribution in [1.82, 2.24) is 10.3 Å². The number of rotatable bonds is 4. The lowest BCUT2D eigenvalue weighted by Crippen LogP contribution is -2.39. The fraction of sp³-hybridized carbons (Fsp3) is 0.455. The van der Waals surface area contributed by atoms with Crippen LogP contribution in [0.25, 0.3) is 0 Å². The van der Waals surface area contributed by atoms with E-state index >= 15 is 0 Å². The van der Waals surface area contributed by atoms with Crippen molar-refractivity contribution in [3.05, 3.63) is 28.5 Å². The lowest BCUT2D eigenvalue weighted by Gasteiger charge is -2.23. The molecule has 0 spiro atoms. The number of aromatic amines is 1. The average Bonchev–Trinajstić information content (AvgIpc) is 2.27. The molecule has 0 aliphatic carbocycles. The number of carbonyl (C=O) groups excluding carboxylic acids is 1. The van der Waals surface area contributed by atoms with E-state index in [1.807, 2.05) is 13.8 Å². The number of carbonyl (C=O) groups is 1. The summed E-state index contributed by atoms with van der Waals surface area (Å²) in [5.41, 5.74) is 0.0971. The van der Waals surface area contributed by atoms with Gasteiger partial charge in [-0.2, -0.15) is 0 Å². The van der Waals surface area contributed by atoms with Gasteiger partial charge in [0.1, 0.15) is 4.64 Å². The van der Waals surface area contributed by atoms with E-state index in [-0.39, 0.29) is 11.5 Å². The first kappa shape index (κ1) is 12.9. The molecule has 0 saturated heterocycles. The maximum Gasteiger partial charge on any atom is 0.254 e. The molecule has 1 aromatic heterocycles. The van der Waals surface area contributed by atoms with E-state index in [1.54, 1.807) is 25.4 Å². The summed E-state index contributed by atoms with van der Waals surface area (Å²) in [6.07, 6.45) is 1.69. The molecule has 0 aromatic carbocycles. The Balaban J connectivity index is 2.68. The summed E-state index contributed by atoms with van der Waals surface area (Å²) >= 11 is 5.02. The smallest absolute Gasteiger partial charge is 0.254 e. The fourth-order valence-corrected chi connectivity index (χ4v) is 1.29. The van der Waals surface area contributed by atoms with Crippen molar-refractivity contribution in [3.8, 4) is 0 Å². The van der Waals surface area contributed by atoms with Gasteiger partial charge in [0.05, 0.1) is 11.2 Å². The van der Waals surface area contributed by atoms with Crippen molar-refractivity contribution in [2.75, 3.05) is 13.7 Å². The summed E-state index contributed by atoms with van der Waals surface area (Å²) in [6, 6.07) is 3.43. The number of pyridine rings is 1. The van der Waals surface area contributed by atoms with Crippen LogP contribution < -0.4 is 5.32 Å². The second kappa shape index (κ2) is 5.23. The molecular formula is C11H16N2O2S. The molecule has 2 N–H and O–H groups in total. The number of ether oxygens (including phenoxy) is 1. The van der Waals surface area contributed by atoms with Gasteiger partial charge in [0.25, 0.3) is 5.91 Å². The SMILES string of the molecule is COC(C)(C)CNC(=O)c1ccc[nH]c1=S. The lowest BCUT2D eigenvalue weighted by atomic mass is 10.1. The summed E-state index contributed by atoms with van der Waals surface area (Å²) in [6.45, 7) is 4.24. The lowest BCUT2D eigenvalue weighted by molar-refractivity contribution is 0.0228. The standard InChI is InChI=1S/C11H16N2O2S/c1-11(2,15-3)7-13-9(14)8-5-4-6-12-10(8)16/h4-6H,7H2,1-3H3,(H,12,16)(H,13,14). The summed E-state index contributed by atoms with van der Waals surface area (Å²) < 4.78 is 5.65. The fourth-order valence-electron chi connectivity index (χ4n) is 1.06. The number of hydrogen-bond acceptors (Lipinski definition) is 3. The Labute approximate surface area is 100 Å². The van der Waals surface area contributed by atoms with Crippen LogP contribution in [0.4, 0.5) is 0 Å². The van der Waals surface area contributed by atoms with Crippen LogP contribution in [0.2, 0.25) is 0 Å². The number of aromatic nitrogens is 1. The van der Waals surface area contributed by atoms with Crippen LogP contribution in [0.5, 0.6) is 0 Å². The highest BCUT2D eigenvalue weighted by molar-refractivity contribution is 7.71. The first-order valence-corrected chi connectivity index (χ1v) is 5.38. The molecule has 0 fully saturated rings. The van der Waals surface area contributed by atoms with E-state index in [9.17, 15) is 4.79 Å². The molecule has 1 amide bonds. The number of amides is 1. The van der Waals surface area contributed by atoms with Crippen molar-refractivity contribution >= 4 is 18.1 Å². The first-order valence-electron chi connectivity index (χ1n) is 4.97. The molecule has 0 bridgehead atoms. The number of hydrogen-bond donors (Lipinski definition) is 2. The van der Waals surface area contributed by atoms with E-state index in [2.05, 4.69) is 10.3 Å². The zero-order chi connectivity index (χ0) is 12.2. The third-order valence-corrected chi connectivity index (χ3v) is 2.63. The van der Waals surface area contributed by atoms with E-state index in [1.165, 1.54) is 0 Å². The van der Waals surface area contributed by atoms with Crippen molar-refractivity contribution in [1.29, 1.82) is 0 Å². The Morgan fingerprint density at radius 2 is 2.31 bits per heavy atom. The van der Waals surface area contributed by atoms with E-state index < -0.39 is 0 Å². The molecule has 1 aromatic rings. The van der Waals surface area contributed by atoms with E-state index in [0.717, 1.165) is 0 Å². The highest BCUT2D eigenvalue weighted by Gasteiger charge is 2.18. The third kappa shape index (κ3) is 3.43. The largest absolute Gasteiger partial charge is 0.377 e. The molecule has 0 radical (unpaired) electrons. The van der Waals surface area contributed by atoms with E-state index in [0.29, 0.717) is 16.7 Å². The molecule has 4 nitrogen and oxygen atoms in total. The zero-order valence-corrected chi connectivity index (χ0v) is 10.5. The second-order valence-corrected chi connectivity index (χ2v) is 4.47. The van der Waals surface area contributed by atoms with Crippen molar-refractivity contribution in [2.24, 2.45) is 0 Å². The molecule has 0 unspecified atom stereocenters. The minimum atomic E-state index is -0.379. The summed E-state index contributed by atoms with van der Waals surface area (Å²) in [7, 11) is 1.61. The maximum atomic E-state index is 11.8. The highest BCUT2D eigenvalue weighted by Crippen LogP contribution is 2.06. The number of H-pyrrole nitrogens is 1. The monoisotopic (exact) mass is 240 g/mol. The van der Waals surface area contributed by atoms with Crippen LogP contribution in [0.1, 0.15) is 24.2 Å². The van der Waals surface area contributed by atoms with Crippen molar-refractivity contribution < 1.29 is 9.53 Å². The van der Waals surface area contributed by atoms with Gasteiger partial charge in [-0.1, -0.05) is 12.2 Å². The van der Waals surface area contributed by atoms with Crippen LogP contribution in [0, 0.1) is 4.64 Å². The molecule has 0 saturated carbocycles. The van der Waals surface area contributed by atoms with Gasteiger partial charge in [0.15, 0.2) is 0 Å². The maximum absolute atomic E-state index is 11.8. The molecular weight excluding hydrogens is 224 g/mol. The molecule has 5 heteroatoms. The Bertz CT molecular complexity index is 426. The predicted octanol–water partition coefficient (Wildman–Crippen LogP) is 1.90. The van der Waals surface area contributed by atoms with Gasteiger partial charge in [-0.15, -0.1) is 0 Å². The van der Waals surface area contributed by atoms with Gasteiger partial charge in [0, 0.05) is 19.9 Å². The molecule has 16 heavy (non-hydrogen) atoms. The van der Waals surface area contributed by atoms with Crippen LogP contribution in [0.3, 0.4) is 0 Å². The minimum absolute atomic E-state index is 0.188. The van der Waals surface area contributed by atoms with Crippen LogP contribution in [0.15, 0.2) is 18.3 Å². The average molecular weight is 240 g/mol. The topological polar surface area (TPSA) is 54.1 Å². The summed E-state index contributed by atoms with van der Waals surface area (Å²) in [5.74, 6) is -0.188. The Hall–Kier alpha value is -1.20. The molecule has 0 aliphatic rings. The molecule has 1 heterocycles. The minimum Gasteiger partial charge on any atom is -0.377 e. The van der Waals surface area contributed by atoms with Gasteiger partial charge in [0.2, 0.25) is 0 Å². The van der Waals surface area contributed by atoms with Crippen LogP contribution in [-0.2, 0) is 4.74 Å². The summed E-state index contributed by atoms with van der Waals surface area (Å²) in [4.78, 5) is 14.6. The third-order valence-electron chi connectivity index (χ3n) is 2.29. The normalized spacial score (nSPS) is 11.2. The quantitative estimate of drug-likeness (QED) is 0.790. The van der Waals surface area contributed by atoms with Gasteiger partial charge < -0.3 is 15.0 Å². The molecule has 0 aliphatic heterocycles. The second-order valence-electron chi connectivity index (χ2n) is 4.06.